The van der Waals surface area contributed by atoms with E-state index in [1.54, 1.807) is 0 Å². The monoisotopic (exact) mass is 847 g/mol. The predicted molar refractivity (Wildman–Crippen MR) is 276 cm³/mol. The van der Waals surface area contributed by atoms with Crippen molar-refractivity contribution < 1.29 is 0 Å². The van der Waals surface area contributed by atoms with Crippen LogP contribution in [0.5, 0.6) is 0 Å². The summed E-state index contributed by atoms with van der Waals surface area (Å²) < 4.78 is 2.50. The lowest BCUT2D eigenvalue weighted by atomic mass is 10.0. The summed E-state index contributed by atoms with van der Waals surface area (Å²) in [6, 6.07) is 98.4. The molecule has 3 heteroatoms. The Balaban J connectivity index is 1.14. The summed E-state index contributed by atoms with van der Waals surface area (Å²) in [6.45, 7) is 0. The Labute approximate surface area is 377 Å². The largest absolute Gasteiger partial charge is 0.309 e. The Morgan fingerprint density at radius 1 is 0.297 bits per heavy atom. The summed E-state index contributed by atoms with van der Waals surface area (Å²) in [5.41, 5.74) is 9.16. The van der Waals surface area contributed by atoms with Gasteiger partial charge in [0.15, 0.2) is 16.1 Å². The minimum absolute atomic E-state index is 0.885. The van der Waals surface area contributed by atoms with Gasteiger partial charge in [0.2, 0.25) is 0 Å². The van der Waals surface area contributed by atoms with Crippen molar-refractivity contribution in [2.75, 3.05) is 0 Å². The van der Waals surface area contributed by atoms with Crippen molar-refractivity contribution in [1.29, 1.82) is 0 Å². The third-order valence-corrected chi connectivity index (χ3v) is 23.5. The Kier molecular flexibility index (Phi) is 9.33. The molecular formula is C61H45NSi2. The number of para-hydroxylation sites is 1. The second-order valence-electron chi connectivity index (χ2n) is 17.1. The molecule has 0 saturated heterocycles. The maximum Gasteiger partial charge on any atom is 0.179 e. The second-order valence-corrected chi connectivity index (χ2v) is 24.8. The number of nitrogens with zero attached hydrogens (tertiary/aromatic N) is 1. The van der Waals surface area contributed by atoms with Gasteiger partial charge in [-0.1, -0.05) is 237 Å². The van der Waals surface area contributed by atoms with E-state index in [9.17, 15) is 0 Å². The molecule has 1 heterocycles. The van der Waals surface area contributed by atoms with E-state index in [0.29, 0.717) is 0 Å². The first kappa shape index (κ1) is 38.1. The van der Waals surface area contributed by atoms with E-state index in [2.05, 4.69) is 265 Å². The summed E-state index contributed by atoms with van der Waals surface area (Å²) >= 11 is 0. The zero-order valence-electron chi connectivity index (χ0n) is 35.5. The molecule has 0 amide bonds. The van der Waals surface area contributed by atoms with Gasteiger partial charge in [-0.3, -0.25) is 0 Å². The van der Waals surface area contributed by atoms with Gasteiger partial charge in [0.05, 0.1) is 11.0 Å². The quantitative estimate of drug-likeness (QED) is 0.101. The number of fused-ring (bicyclic) bond motifs is 7. The molecule has 12 rings (SSSR count). The van der Waals surface area contributed by atoms with Crippen LogP contribution in [-0.2, 0) is 6.42 Å². The van der Waals surface area contributed by atoms with Gasteiger partial charge in [0.1, 0.15) is 0 Å². The van der Waals surface area contributed by atoms with E-state index in [1.165, 1.54) is 91.2 Å². The molecule has 0 saturated carbocycles. The minimum atomic E-state index is -2.79. The Morgan fingerprint density at radius 2 is 0.672 bits per heavy atom. The molecule has 1 aliphatic carbocycles. The van der Waals surface area contributed by atoms with E-state index >= 15 is 0 Å². The van der Waals surface area contributed by atoms with E-state index in [-0.39, 0.29) is 0 Å². The highest BCUT2D eigenvalue weighted by Crippen LogP contribution is 2.44. The molecule has 0 spiro atoms. The van der Waals surface area contributed by atoms with E-state index in [0.717, 1.165) is 6.42 Å². The zero-order chi connectivity index (χ0) is 42.5. The van der Waals surface area contributed by atoms with Gasteiger partial charge in [-0.25, -0.2) is 0 Å². The molecule has 0 aliphatic heterocycles. The minimum Gasteiger partial charge on any atom is -0.309 e. The molecule has 0 fully saturated rings. The average Bonchev–Trinajstić information content (AvgIpc) is 3.92. The molecule has 0 unspecified atom stereocenters. The third kappa shape index (κ3) is 5.82. The molecule has 1 aromatic heterocycles. The highest BCUT2D eigenvalue weighted by Gasteiger charge is 2.43. The SMILES string of the molecule is c1ccc(-n2c3ccc([Si](c4ccccc4)(c4ccccc4)c4ccccc4)cc3c3c4c(ccc32)-c2cc([Si](c3ccccc3)(c3ccccc3)c3ccccc3)ccc2C4)cc1. The lowest BCUT2D eigenvalue weighted by Gasteiger charge is -2.34. The lowest BCUT2D eigenvalue weighted by Crippen LogP contribution is -2.74. The Hall–Kier alpha value is -7.57. The molecule has 0 N–H and O–H groups in total. The summed E-state index contributed by atoms with van der Waals surface area (Å²) in [5.74, 6) is 0. The topological polar surface area (TPSA) is 4.93 Å². The molecule has 10 aromatic carbocycles. The van der Waals surface area contributed by atoms with Crippen molar-refractivity contribution in [2.45, 2.75) is 6.42 Å². The number of benzene rings is 10. The predicted octanol–water partition coefficient (Wildman–Crippen LogP) is 9.11. The Morgan fingerprint density at radius 3 is 1.11 bits per heavy atom. The number of hydrogen-bond acceptors (Lipinski definition) is 0. The van der Waals surface area contributed by atoms with Crippen LogP contribution in [0.2, 0.25) is 0 Å². The molecule has 0 radical (unpaired) electrons. The van der Waals surface area contributed by atoms with Crippen molar-refractivity contribution in [2.24, 2.45) is 0 Å². The zero-order valence-corrected chi connectivity index (χ0v) is 37.5. The fourth-order valence-corrected chi connectivity index (χ4v) is 20.8. The van der Waals surface area contributed by atoms with Crippen LogP contribution in [0.1, 0.15) is 11.1 Å². The van der Waals surface area contributed by atoms with Crippen LogP contribution in [0.3, 0.4) is 0 Å². The molecular weight excluding hydrogens is 803 g/mol. The Bertz CT molecular complexity index is 3230. The van der Waals surface area contributed by atoms with E-state index in [4.69, 9.17) is 0 Å². The lowest BCUT2D eigenvalue weighted by molar-refractivity contribution is 1.18. The fraction of sp³-hybridized carbons (Fsp3) is 0.0164. The van der Waals surface area contributed by atoms with Gasteiger partial charge in [0.25, 0.3) is 0 Å². The highest BCUT2D eigenvalue weighted by atomic mass is 28.3. The number of rotatable bonds is 9. The van der Waals surface area contributed by atoms with Crippen molar-refractivity contribution >= 4 is 79.4 Å². The van der Waals surface area contributed by atoms with Crippen LogP contribution < -0.4 is 41.5 Å². The van der Waals surface area contributed by atoms with Crippen molar-refractivity contribution in [3.63, 3.8) is 0 Å². The summed E-state index contributed by atoms with van der Waals surface area (Å²) in [5, 5.41) is 13.8. The molecule has 64 heavy (non-hydrogen) atoms. The fourth-order valence-electron chi connectivity index (χ4n) is 11.2. The third-order valence-electron chi connectivity index (χ3n) is 13.9. The first-order valence-electron chi connectivity index (χ1n) is 22.4. The highest BCUT2D eigenvalue weighted by molar-refractivity contribution is 7.20. The standard InChI is InChI=1S/C61H45NSi2/c1-8-22-46(23-9-1)62-59-40-38-54(64(50-30-16-5-17-31-50,51-32-18-6-19-33-51)52-34-20-7-21-35-52)44-58(59)61-57-42-45-36-37-53(43-56(45)55(57)39-41-60(61)62)63(47-24-10-2-11-25-47,48-26-12-3-13-27-48)49-28-14-4-15-29-49/h1-41,43-44H,42H2. The maximum atomic E-state index is 2.59. The van der Waals surface area contributed by atoms with Crippen LogP contribution in [0, 0.1) is 0 Å². The van der Waals surface area contributed by atoms with Crippen LogP contribution in [0.25, 0.3) is 38.6 Å². The van der Waals surface area contributed by atoms with Crippen LogP contribution in [-0.4, -0.2) is 20.7 Å². The van der Waals surface area contributed by atoms with Crippen molar-refractivity contribution in [3.8, 4) is 16.8 Å². The van der Waals surface area contributed by atoms with Gasteiger partial charge in [-0.05, 0) is 94.4 Å². The average molecular weight is 848 g/mol. The van der Waals surface area contributed by atoms with Crippen LogP contribution in [0.15, 0.2) is 261 Å². The summed E-state index contributed by atoms with van der Waals surface area (Å²) in [6.07, 6.45) is 0.885. The van der Waals surface area contributed by atoms with Gasteiger partial charge >= 0.3 is 0 Å². The van der Waals surface area contributed by atoms with Crippen LogP contribution in [0.4, 0.5) is 0 Å². The first-order chi connectivity index (χ1) is 31.8. The number of aromatic nitrogens is 1. The number of hydrogen-bond donors (Lipinski definition) is 0. The summed E-state index contributed by atoms with van der Waals surface area (Å²) in [4.78, 5) is 0. The van der Waals surface area contributed by atoms with Gasteiger partial charge < -0.3 is 4.57 Å². The second kappa shape index (κ2) is 15.7. The molecule has 0 bridgehead atoms. The van der Waals surface area contributed by atoms with Crippen molar-refractivity contribution in [3.05, 3.63) is 272 Å². The van der Waals surface area contributed by atoms with Crippen LogP contribution >= 0.6 is 0 Å². The van der Waals surface area contributed by atoms with E-state index in [1.807, 2.05) is 0 Å². The van der Waals surface area contributed by atoms with Crippen molar-refractivity contribution in [1.82, 2.24) is 4.57 Å². The van der Waals surface area contributed by atoms with Gasteiger partial charge in [-0.2, -0.15) is 0 Å². The van der Waals surface area contributed by atoms with Gasteiger partial charge in [-0.15, -0.1) is 0 Å². The summed E-state index contributed by atoms with van der Waals surface area (Å²) in [7, 11) is -5.52. The molecule has 0 atom stereocenters. The first-order valence-corrected chi connectivity index (χ1v) is 26.4. The molecule has 1 nitrogen and oxygen atoms in total. The molecule has 1 aliphatic rings. The maximum absolute atomic E-state index is 2.79. The van der Waals surface area contributed by atoms with Gasteiger partial charge in [0, 0.05) is 16.5 Å². The van der Waals surface area contributed by atoms with E-state index < -0.39 is 16.1 Å². The molecule has 302 valence electrons. The smallest absolute Gasteiger partial charge is 0.179 e. The molecule has 11 aromatic rings. The normalized spacial score (nSPS) is 12.3.